The molecule has 0 N–H and O–H groups in total. The van der Waals surface area contributed by atoms with Crippen molar-refractivity contribution in [3.8, 4) is 0 Å². The van der Waals surface area contributed by atoms with Crippen molar-refractivity contribution < 1.29 is 4.74 Å². The Hall–Kier alpha value is 0.210. The van der Waals surface area contributed by atoms with Crippen LogP contribution in [0.2, 0.25) is 0 Å². The number of halogens is 1. The van der Waals surface area contributed by atoms with E-state index in [9.17, 15) is 0 Å². The molecule has 0 spiro atoms. The van der Waals surface area contributed by atoms with Gasteiger partial charge in [-0.15, -0.1) is 11.6 Å². The maximum atomic E-state index is 6.08. The number of hydrogen-bond donors (Lipinski definition) is 0. The molecular formula is C13H24ClNO. The molecule has 94 valence electrons. The second-order valence-electron chi connectivity index (χ2n) is 5.30. The molecule has 2 heterocycles. The molecule has 16 heavy (non-hydrogen) atoms. The van der Waals surface area contributed by atoms with Crippen LogP contribution < -0.4 is 0 Å². The Labute approximate surface area is 104 Å². The minimum absolute atomic E-state index is 0.457. The first-order valence-corrected chi connectivity index (χ1v) is 7.28. The van der Waals surface area contributed by atoms with Crippen LogP contribution in [0.5, 0.6) is 0 Å². The van der Waals surface area contributed by atoms with E-state index in [0.29, 0.717) is 18.2 Å². The van der Waals surface area contributed by atoms with Crippen molar-refractivity contribution in [3.05, 3.63) is 0 Å². The SMILES string of the molecule is CC1CCC(CN2CCCCCC2CCl)O1. The lowest BCUT2D eigenvalue weighted by Crippen LogP contribution is -2.41. The summed E-state index contributed by atoms with van der Waals surface area (Å²) in [5.41, 5.74) is 0. The summed E-state index contributed by atoms with van der Waals surface area (Å²) in [7, 11) is 0. The molecule has 2 rings (SSSR count). The Morgan fingerprint density at radius 1 is 1.19 bits per heavy atom. The average Bonchev–Trinajstić information content (AvgIpc) is 2.56. The zero-order chi connectivity index (χ0) is 11.4. The Balaban J connectivity index is 1.85. The standard InChI is InChI=1S/C13H24ClNO/c1-11-6-7-13(16-11)10-15-8-4-2-3-5-12(15)9-14/h11-13H,2-10H2,1H3. The molecule has 2 aliphatic rings. The van der Waals surface area contributed by atoms with E-state index in [2.05, 4.69) is 11.8 Å². The van der Waals surface area contributed by atoms with Crippen LogP contribution in [0.25, 0.3) is 0 Å². The third kappa shape index (κ3) is 3.35. The highest BCUT2D eigenvalue weighted by atomic mass is 35.5. The van der Waals surface area contributed by atoms with Crippen molar-refractivity contribution in [1.29, 1.82) is 0 Å². The molecule has 0 amide bonds. The van der Waals surface area contributed by atoms with Crippen LogP contribution in [0.3, 0.4) is 0 Å². The Morgan fingerprint density at radius 2 is 2.06 bits per heavy atom. The van der Waals surface area contributed by atoms with Gasteiger partial charge < -0.3 is 4.74 Å². The van der Waals surface area contributed by atoms with Gasteiger partial charge in [-0.05, 0) is 39.2 Å². The molecule has 0 aromatic carbocycles. The second kappa shape index (κ2) is 6.23. The maximum absolute atomic E-state index is 6.08. The normalized spacial score (nSPS) is 37.5. The van der Waals surface area contributed by atoms with Crippen molar-refractivity contribution in [2.24, 2.45) is 0 Å². The predicted molar refractivity (Wildman–Crippen MR) is 68.1 cm³/mol. The fourth-order valence-electron chi connectivity index (χ4n) is 2.93. The number of hydrogen-bond acceptors (Lipinski definition) is 2. The molecular weight excluding hydrogens is 222 g/mol. The van der Waals surface area contributed by atoms with Gasteiger partial charge in [-0.25, -0.2) is 0 Å². The van der Waals surface area contributed by atoms with Gasteiger partial charge in [0.25, 0.3) is 0 Å². The van der Waals surface area contributed by atoms with Gasteiger partial charge in [-0.2, -0.15) is 0 Å². The maximum Gasteiger partial charge on any atom is 0.0706 e. The van der Waals surface area contributed by atoms with E-state index >= 15 is 0 Å². The van der Waals surface area contributed by atoms with E-state index in [-0.39, 0.29) is 0 Å². The van der Waals surface area contributed by atoms with Gasteiger partial charge in [0.2, 0.25) is 0 Å². The lowest BCUT2D eigenvalue weighted by molar-refractivity contribution is 0.0241. The molecule has 0 bridgehead atoms. The molecule has 3 atom stereocenters. The van der Waals surface area contributed by atoms with Crippen LogP contribution in [-0.4, -0.2) is 42.1 Å². The average molecular weight is 246 g/mol. The van der Waals surface area contributed by atoms with Gasteiger partial charge in [-0.3, -0.25) is 4.90 Å². The monoisotopic (exact) mass is 245 g/mol. The van der Waals surface area contributed by atoms with Gasteiger partial charge >= 0.3 is 0 Å². The van der Waals surface area contributed by atoms with E-state index in [4.69, 9.17) is 16.3 Å². The van der Waals surface area contributed by atoms with E-state index in [1.54, 1.807) is 0 Å². The van der Waals surface area contributed by atoms with Crippen LogP contribution in [0.4, 0.5) is 0 Å². The highest BCUT2D eigenvalue weighted by molar-refractivity contribution is 6.18. The number of likely N-dealkylation sites (tertiary alicyclic amines) is 1. The molecule has 0 saturated carbocycles. The minimum atomic E-state index is 0.457. The van der Waals surface area contributed by atoms with Crippen molar-refractivity contribution in [3.63, 3.8) is 0 Å². The summed E-state index contributed by atoms with van der Waals surface area (Å²) in [5.74, 6) is 0.780. The Bertz CT molecular complexity index is 212. The third-order valence-electron chi connectivity index (χ3n) is 3.94. The zero-order valence-corrected chi connectivity index (χ0v) is 11.1. The smallest absolute Gasteiger partial charge is 0.0706 e. The fraction of sp³-hybridized carbons (Fsp3) is 1.00. The fourth-order valence-corrected chi connectivity index (χ4v) is 3.28. The van der Waals surface area contributed by atoms with Gasteiger partial charge in [-0.1, -0.05) is 12.8 Å². The quantitative estimate of drug-likeness (QED) is 0.709. The van der Waals surface area contributed by atoms with Crippen LogP contribution >= 0.6 is 11.6 Å². The summed E-state index contributed by atoms with van der Waals surface area (Å²) in [6.45, 7) is 4.49. The number of nitrogens with zero attached hydrogens (tertiary/aromatic N) is 1. The topological polar surface area (TPSA) is 12.5 Å². The van der Waals surface area contributed by atoms with E-state index in [1.807, 2.05) is 0 Å². The summed E-state index contributed by atoms with van der Waals surface area (Å²) in [4.78, 5) is 2.57. The minimum Gasteiger partial charge on any atom is -0.374 e. The predicted octanol–water partition coefficient (Wildman–Crippen LogP) is 3.04. The molecule has 0 aromatic rings. The second-order valence-corrected chi connectivity index (χ2v) is 5.61. The molecule has 2 fully saturated rings. The van der Waals surface area contributed by atoms with Crippen LogP contribution in [0, 0.1) is 0 Å². The molecule has 0 radical (unpaired) electrons. The molecule has 0 aliphatic carbocycles. The lowest BCUT2D eigenvalue weighted by atomic mass is 10.1. The van der Waals surface area contributed by atoms with Crippen molar-refractivity contribution in [1.82, 2.24) is 4.90 Å². The van der Waals surface area contributed by atoms with E-state index in [0.717, 1.165) is 12.4 Å². The lowest BCUT2D eigenvalue weighted by Gasteiger charge is -2.30. The van der Waals surface area contributed by atoms with Crippen LogP contribution in [0.1, 0.15) is 45.4 Å². The zero-order valence-electron chi connectivity index (χ0n) is 10.3. The largest absolute Gasteiger partial charge is 0.374 e. The van der Waals surface area contributed by atoms with Gasteiger partial charge in [0.1, 0.15) is 0 Å². The van der Waals surface area contributed by atoms with Gasteiger partial charge in [0.05, 0.1) is 12.2 Å². The number of alkyl halides is 1. The first-order valence-electron chi connectivity index (χ1n) is 6.75. The molecule has 2 saturated heterocycles. The summed E-state index contributed by atoms with van der Waals surface area (Å²) in [6, 6.07) is 0.587. The Kier molecular flexibility index (Phi) is 4.93. The van der Waals surface area contributed by atoms with Gasteiger partial charge in [0.15, 0.2) is 0 Å². The summed E-state index contributed by atoms with van der Waals surface area (Å²) in [5, 5.41) is 0. The van der Waals surface area contributed by atoms with Gasteiger partial charge in [0, 0.05) is 18.5 Å². The summed E-state index contributed by atoms with van der Waals surface area (Å²) in [6.07, 6.45) is 8.69. The van der Waals surface area contributed by atoms with E-state index in [1.165, 1.54) is 45.1 Å². The summed E-state index contributed by atoms with van der Waals surface area (Å²) < 4.78 is 5.91. The van der Waals surface area contributed by atoms with Crippen molar-refractivity contribution >= 4 is 11.6 Å². The molecule has 2 nitrogen and oxygen atoms in total. The number of ether oxygens (including phenoxy) is 1. The molecule has 3 unspecified atom stereocenters. The van der Waals surface area contributed by atoms with Crippen molar-refractivity contribution in [2.45, 2.75) is 63.7 Å². The first kappa shape index (κ1) is 12.7. The highest BCUT2D eigenvalue weighted by Gasteiger charge is 2.27. The van der Waals surface area contributed by atoms with Crippen LogP contribution in [0.15, 0.2) is 0 Å². The molecule has 2 aliphatic heterocycles. The van der Waals surface area contributed by atoms with Crippen molar-refractivity contribution in [2.75, 3.05) is 19.0 Å². The molecule has 0 aromatic heterocycles. The third-order valence-corrected chi connectivity index (χ3v) is 4.29. The molecule has 3 heteroatoms. The van der Waals surface area contributed by atoms with E-state index < -0.39 is 0 Å². The highest BCUT2D eigenvalue weighted by Crippen LogP contribution is 2.23. The summed E-state index contributed by atoms with van der Waals surface area (Å²) >= 11 is 6.08. The van der Waals surface area contributed by atoms with Crippen LogP contribution in [-0.2, 0) is 4.74 Å². The number of rotatable bonds is 3. The first-order chi connectivity index (χ1) is 7.79. The Morgan fingerprint density at radius 3 is 2.75 bits per heavy atom.